The van der Waals surface area contributed by atoms with Gasteiger partial charge < -0.3 is 5.32 Å². The van der Waals surface area contributed by atoms with E-state index in [4.69, 9.17) is 0 Å². The maximum absolute atomic E-state index is 12.6. The zero-order valence-electron chi connectivity index (χ0n) is 17.2. The highest BCUT2D eigenvalue weighted by Crippen LogP contribution is 2.40. The third kappa shape index (κ3) is 4.22. The van der Waals surface area contributed by atoms with Gasteiger partial charge in [0.1, 0.15) is 11.6 Å². The van der Waals surface area contributed by atoms with Crippen LogP contribution in [-0.2, 0) is 4.79 Å². The fourth-order valence-electron chi connectivity index (χ4n) is 3.50. The molecule has 7 nitrogen and oxygen atoms in total. The van der Waals surface area contributed by atoms with Crippen LogP contribution >= 0.6 is 11.8 Å². The Kier molecular flexibility index (Phi) is 5.45. The molecule has 1 aliphatic rings. The van der Waals surface area contributed by atoms with Crippen molar-refractivity contribution in [3.05, 3.63) is 47.4 Å². The van der Waals surface area contributed by atoms with Crippen molar-refractivity contribution in [1.82, 2.24) is 24.5 Å². The van der Waals surface area contributed by atoms with Crippen molar-refractivity contribution in [3.63, 3.8) is 0 Å². The summed E-state index contributed by atoms with van der Waals surface area (Å²) in [5.74, 6) is 2.40. The van der Waals surface area contributed by atoms with E-state index in [1.54, 1.807) is 6.20 Å². The lowest BCUT2D eigenvalue weighted by Crippen LogP contribution is -2.20. The molecule has 1 atom stereocenters. The zero-order chi connectivity index (χ0) is 20.5. The molecule has 3 aromatic rings. The lowest BCUT2D eigenvalue weighted by Gasteiger charge is -2.15. The van der Waals surface area contributed by atoms with Crippen LogP contribution in [0, 0.1) is 26.7 Å². The standard InChI is InChI=1S/C21H26N6OS/c1-13-5-6-14(2)18(11-13)26-16(4)24-25-21(26)29-12-20(28)23-19-9-10-22-27(19)15(3)17-7-8-17/h5-6,9-11,15,17H,7-8,12H2,1-4H3,(H,23,28). The monoisotopic (exact) mass is 410 g/mol. The Bertz CT molecular complexity index is 1040. The number of nitrogens with one attached hydrogen (secondary N) is 1. The van der Waals surface area contributed by atoms with Crippen LogP contribution in [0.15, 0.2) is 35.6 Å². The van der Waals surface area contributed by atoms with Gasteiger partial charge >= 0.3 is 0 Å². The van der Waals surface area contributed by atoms with E-state index in [2.05, 4.69) is 59.6 Å². The lowest BCUT2D eigenvalue weighted by molar-refractivity contribution is -0.113. The number of thioether (sulfide) groups is 1. The van der Waals surface area contributed by atoms with Gasteiger partial charge in [-0.2, -0.15) is 5.10 Å². The maximum Gasteiger partial charge on any atom is 0.235 e. The van der Waals surface area contributed by atoms with Gasteiger partial charge in [-0.05, 0) is 63.6 Å². The molecule has 0 spiro atoms. The molecule has 0 aliphatic heterocycles. The molecule has 8 heteroatoms. The number of carbonyl (C=O) groups excluding carboxylic acids is 1. The molecule has 1 aliphatic carbocycles. The van der Waals surface area contributed by atoms with Crippen LogP contribution in [0.1, 0.15) is 42.8 Å². The highest BCUT2D eigenvalue weighted by Gasteiger charge is 2.30. The number of nitrogens with zero attached hydrogens (tertiary/aromatic N) is 5. The second-order valence-corrected chi connectivity index (χ2v) is 8.67. The van der Waals surface area contributed by atoms with E-state index in [1.165, 1.54) is 30.2 Å². The van der Waals surface area contributed by atoms with Crippen molar-refractivity contribution in [2.75, 3.05) is 11.1 Å². The van der Waals surface area contributed by atoms with Gasteiger partial charge in [0.25, 0.3) is 0 Å². The summed E-state index contributed by atoms with van der Waals surface area (Å²) >= 11 is 1.39. The van der Waals surface area contributed by atoms with Gasteiger partial charge in [0.05, 0.1) is 23.7 Å². The van der Waals surface area contributed by atoms with Crippen molar-refractivity contribution in [2.24, 2.45) is 5.92 Å². The molecule has 1 aromatic carbocycles. The van der Waals surface area contributed by atoms with Crippen molar-refractivity contribution >= 4 is 23.5 Å². The average Bonchev–Trinajstić information content (AvgIpc) is 3.34. The molecule has 1 fully saturated rings. The van der Waals surface area contributed by atoms with Crippen LogP contribution in [0.4, 0.5) is 5.82 Å². The van der Waals surface area contributed by atoms with Crippen molar-refractivity contribution < 1.29 is 4.79 Å². The number of aryl methyl sites for hydroxylation is 3. The highest BCUT2D eigenvalue weighted by molar-refractivity contribution is 7.99. The molecule has 2 aromatic heterocycles. The maximum atomic E-state index is 12.6. The molecule has 0 bridgehead atoms. The van der Waals surface area contributed by atoms with E-state index in [0.717, 1.165) is 22.9 Å². The number of amides is 1. The van der Waals surface area contributed by atoms with Crippen molar-refractivity contribution in [2.45, 2.75) is 51.7 Å². The summed E-state index contributed by atoms with van der Waals surface area (Å²) in [4.78, 5) is 12.6. The topological polar surface area (TPSA) is 77.6 Å². The quantitative estimate of drug-likeness (QED) is 0.594. The first-order valence-electron chi connectivity index (χ1n) is 9.90. The van der Waals surface area contributed by atoms with Crippen LogP contribution in [0.25, 0.3) is 5.69 Å². The van der Waals surface area contributed by atoms with Gasteiger partial charge in [0, 0.05) is 6.07 Å². The first-order valence-corrected chi connectivity index (χ1v) is 10.9. The summed E-state index contributed by atoms with van der Waals surface area (Å²) in [7, 11) is 0. The molecular formula is C21H26N6OS. The van der Waals surface area contributed by atoms with E-state index < -0.39 is 0 Å². The van der Waals surface area contributed by atoms with Crippen LogP contribution < -0.4 is 5.32 Å². The molecule has 4 rings (SSSR count). The second-order valence-electron chi connectivity index (χ2n) is 7.73. The molecule has 1 N–H and O–H groups in total. The number of benzene rings is 1. The third-order valence-corrected chi connectivity index (χ3v) is 6.29. The van der Waals surface area contributed by atoms with E-state index in [0.29, 0.717) is 17.1 Å². The molecule has 0 saturated heterocycles. The minimum absolute atomic E-state index is 0.0760. The van der Waals surface area contributed by atoms with E-state index >= 15 is 0 Å². The zero-order valence-corrected chi connectivity index (χ0v) is 18.0. The molecule has 2 heterocycles. The van der Waals surface area contributed by atoms with Gasteiger partial charge in [-0.3, -0.25) is 9.36 Å². The largest absolute Gasteiger partial charge is 0.310 e. The van der Waals surface area contributed by atoms with Gasteiger partial charge in [0.15, 0.2) is 5.16 Å². The highest BCUT2D eigenvalue weighted by atomic mass is 32.2. The Labute approximate surface area is 174 Å². The number of hydrogen-bond acceptors (Lipinski definition) is 5. The first-order chi connectivity index (χ1) is 13.9. The molecule has 1 saturated carbocycles. The Morgan fingerprint density at radius 1 is 1.24 bits per heavy atom. The molecule has 29 heavy (non-hydrogen) atoms. The van der Waals surface area contributed by atoms with Gasteiger partial charge in [0.2, 0.25) is 5.91 Å². The SMILES string of the molecule is Cc1ccc(C)c(-n2c(C)nnc2SCC(=O)Nc2ccnn2C(C)C2CC2)c1. The first kappa shape index (κ1) is 19.7. The number of anilines is 1. The minimum Gasteiger partial charge on any atom is -0.310 e. The van der Waals surface area contributed by atoms with Crippen LogP contribution in [-0.4, -0.2) is 36.2 Å². The predicted octanol–water partition coefficient (Wildman–Crippen LogP) is 4.09. The third-order valence-electron chi connectivity index (χ3n) is 5.36. The Morgan fingerprint density at radius 2 is 2.03 bits per heavy atom. The summed E-state index contributed by atoms with van der Waals surface area (Å²) in [6.07, 6.45) is 4.21. The molecule has 1 amide bonds. The number of hydrogen-bond donors (Lipinski definition) is 1. The normalized spacial score (nSPS) is 14.8. The second kappa shape index (κ2) is 8.02. The minimum atomic E-state index is -0.0760. The summed E-state index contributed by atoms with van der Waals surface area (Å²) in [5.41, 5.74) is 3.36. The van der Waals surface area contributed by atoms with E-state index in [-0.39, 0.29) is 11.7 Å². The molecule has 152 valence electrons. The predicted molar refractivity (Wildman–Crippen MR) is 115 cm³/mol. The van der Waals surface area contributed by atoms with Crippen LogP contribution in [0.2, 0.25) is 0 Å². The summed E-state index contributed by atoms with van der Waals surface area (Å²) < 4.78 is 3.93. The fourth-order valence-corrected chi connectivity index (χ4v) is 4.29. The van der Waals surface area contributed by atoms with Crippen molar-refractivity contribution in [1.29, 1.82) is 0 Å². The van der Waals surface area contributed by atoms with E-state index in [1.807, 2.05) is 22.2 Å². The number of carbonyl (C=O) groups is 1. The Balaban J connectivity index is 1.46. The van der Waals surface area contributed by atoms with Crippen LogP contribution in [0.3, 0.4) is 0 Å². The molecular weight excluding hydrogens is 384 g/mol. The Hall–Kier alpha value is -2.61. The fraction of sp³-hybridized carbons (Fsp3) is 0.429. The van der Waals surface area contributed by atoms with Gasteiger partial charge in [-0.15, -0.1) is 10.2 Å². The van der Waals surface area contributed by atoms with Gasteiger partial charge in [-0.25, -0.2) is 4.68 Å². The Morgan fingerprint density at radius 3 is 2.79 bits per heavy atom. The smallest absolute Gasteiger partial charge is 0.235 e. The molecule has 0 radical (unpaired) electrons. The number of rotatable bonds is 7. The van der Waals surface area contributed by atoms with E-state index in [9.17, 15) is 4.79 Å². The average molecular weight is 411 g/mol. The molecule has 1 unspecified atom stereocenters. The van der Waals surface area contributed by atoms with Gasteiger partial charge in [-0.1, -0.05) is 23.9 Å². The summed E-state index contributed by atoms with van der Waals surface area (Å²) in [5, 5.41) is 16.6. The van der Waals surface area contributed by atoms with Crippen LogP contribution in [0.5, 0.6) is 0 Å². The summed E-state index contributed by atoms with van der Waals surface area (Å²) in [6, 6.07) is 8.46. The number of aromatic nitrogens is 5. The lowest BCUT2D eigenvalue weighted by atomic mass is 10.1. The van der Waals surface area contributed by atoms with Crippen molar-refractivity contribution in [3.8, 4) is 5.69 Å². The summed E-state index contributed by atoms with van der Waals surface area (Å²) in [6.45, 7) is 8.22.